The molecule has 1 saturated heterocycles. The molecule has 0 aromatic carbocycles. The van der Waals surface area contributed by atoms with Crippen LogP contribution < -0.4 is 5.32 Å². The first-order chi connectivity index (χ1) is 16.2. The van der Waals surface area contributed by atoms with Gasteiger partial charge < -0.3 is 30.3 Å². The van der Waals surface area contributed by atoms with Crippen LogP contribution in [-0.2, 0) is 9.53 Å². The Morgan fingerprint density at radius 2 is 1.76 bits per heavy atom. The van der Waals surface area contributed by atoms with E-state index in [0.717, 1.165) is 38.5 Å². The van der Waals surface area contributed by atoms with Crippen molar-refractivity contribution in [3.63, 3.8) is 0 Å². The minimum atomic E-state index is -0.637. The molecule has 0 bridgehead atoms. The number of β-amino-alcohol motifs (C(OH)–C–C–N with tert-alkyl or cyclic N) is 1. The van der Waals surface area contributed by atoms with Crippen LogP contribution in [0.5, 0.6) is 0 Å². The Morgan fingerprint density at radius 3 is 2.41 bits per heavy atom. The number of aliphatic hydroxyl groups is 3. The van der Waals surface area contributed by atoms with Crippen LogP contribution in [-0.4, -0.2) is 76.3 Å². The molecule has 0 unspecified atom stereocenters. The third kappa shape index (κ3) is 4.96. The van der Waals surface area contributed by atoms with E-state index in [-0.39, 0.29) is 42.2 Å². The summed E-state index contributed by atoms with van der Waals surface area (Å²) < 4.78 is 5.96. The zero-order chi connectivity index (χ0) is 24.5. The van der Waals surface area contributed by atoms with E-state index < -0.39 is 29.8 Å². The molecule has 4 fully saturated rings. The van der Waals surface area contributed by atoms with Crippen molar-refractivity contribution in [3.05, 3.63) is 0 Å². The maximum atomic E-state index is 13.0. The highest BCUT2D eigenvalue weighted by Gasteiger charge is 2.60. The number of aliphatic hydroxyl groups excluding tert-OH is 3. The van der Waals surface area contributed by atoms with Crippen LogP contribution in [0.1, 0.15) is 84.5 Å². The van der Waals surface area contributed by atoms with Gasteiger partial charge in [-0.05, 0) is 62.2 Å². The number of rotatable bonds is 5. The van der Waals surface area contributed by atoms with E-state index in [1.54, 1.807) is 4.90 Å². The smallest absolute Gasteiger partial charge is 0.407 e. The molecule has 1 heterocycles. The molecule has 7 atom stereocenters. The van der Waals surface area contributed by atoms with Gasteiger partial charge in [-0.3, -0.25) is 4.79 Å². The zero-order valence-electron chi connectivity index (χ0n) is 20.9. The Kier molecular flexibility index (Phi) is 7.80. The number of carbonyl (C=O) groups is 2. The molecule has 0 aromatic heterocycles. The molecule has 0 spiro atoms. The first kappa shape index (κ1) is 25.7. The van der Waals surface area contributed by atoms with Crippen LogP contribution in [0.3, 0.4) is 0 Å². The number of fused-ring (bicyclic) bond motifs is 1. The predicted molar refractivity (Wildman–Crippen MR) is 127 cm³/mol. The van der Waals surface area contributed by atoms with Gasteiger partial charge >= 0.3 is 6.09 Å². The van der Waals surface area contributed by atoms with E-state index in [0.29, 0.717) is 32.4 Å². The highest BCUT2D eigenvalue weighted by molar-refractivity contribution is 5.77. The molecular weight excluding hydrogens is 436 g/mol. The van der Waals surface area contributed by atoms with E-state index in [9.17, 15) is 24.9 Å². The molecule has 194 valence electrons. The fourth-order valence-corrected chi connectivity index (χ4v) is 7.64. The number of alkyl carbamates (subject to hydrolysis) is 1. The number of hydrogen-bond acceptors (Lipinski definition) is 6. The summed E-state index contributed by atoms with van der Waals surface area (Å²) in [6.07, 6.45) is 7.07. The molecule has 34 heavy (non-hydrogen) atoms. The van der Waals surface area contributed by atoms with E-state index in [1.165, 1.54) is 6.42 Å². The Morgan fingerprint density at radius 1 is 1.03 bits per heavy atom. The van der Waals surface area contributed by atoms with E-state index in [2.05, 4.69) is 12.2 Å². The largest absolute Gasteiger partial charge is 0.446 e. The number of ether oxygens (including phenoxy) is 1. The third-order valence-electron chi connectivity index (χ3n) is 9.76. The normalized spacial score (nSPS) is 41.1. The second-order valence-electron chi connectivity index (χ2n) is 11.9. The van der Waals surface area contributed by atoms with Crippen molar-refractivity contribution in [1.29, 1.82) is 0 Å². The number of nitrogens with one attached hydrogen (secondary N) is 1. The fraction of sp³-hybridized carbons (Fsp3) is 0.923. The standard InChI is InChI=1S/C26H44N2O6/c1-25-12-10-22(34-24(33)27-17-6-4-3-5-7-17)26(2,16-29)21(25)9-8-20(31)19(25)14-23(32)28-13-11-18(30)15-28/h17-22,29-31H,3-16H2,1-2H3,(H,27,33)/t18-,19-,20-,21-,22-,25+,26+/m1/s1. The Labute approximate surface area is 203 Å². The first-order valence-electron chi connectivity index (χ1n) is 13.4. The molecule has 2 amide bonds. The quantitative estimate of drug-likeness (QED) is 0.480. The number of likely N-dealkylation sites (tertiary alicyclic amines) is 1. The maximum Gasteiger partial charge on any atom is 0.407 e. The van der Waals surface area contributed by atoms with Gasteiger partial charge in [0.15, 0.2) is 0 Å². The van der Waals surface area contributed by atoms with Crippen LogP contribution in [0, 0.1) is 22.7 Å². The summed E-state index contributed by atoms with van der Waals surface area (Å²) in [7, 11) is 0. The summed E-state index contributed by atoms with van der Waals surface area (Å²) in [5, 5.41) is 34.4. The van der Waals surface area contributed by atoms with Crippen LogP contribution in [0.25, 0.3) is 0 Å². The molecular formula is C26H44N2O6. The van der Waals surface area contributed by atoms with E-state index in [1.807, 2.05) is 6.92 Å². The van der Waals surface area contributed by atoms with Gasteiger partial charge in [-0.15, -0.1) is 0 Å². The van der Waals surface area contributed by atoms with Crippen molar-refractivity contribution in [3.8, 4) is 0 Å². The fourth-order valence-electron chi connectivity index (χ4n) is 7.64. The lowest BCUT2D eigenvalue weighted by Crippen LogP contribution is -2.61. The molecule has 8 heteroatoms. The number of hydrogen-bond donors (Lipinski definition) is 4. The lowest BCUT2D eigenvalue weighted by molar-refractivity contribution is -0.187. The zero-order valence-corrected chi connectivity index (χ0v) is 20.9. The highest BCUT2D eigenvalue weighted by Crippen LogP contribution is 2.61. The van der Waals surface area contributed by atoms with Crippen molar-refractivity contribution in [2.75, 3.05) is 19.7 Å². The number of carbonyl (C=O) groups excluding carboxylic acids is 2. The van der Waals surface area contributed by atoms with Gasteiger partial charge in [-0.1, -0.05) is 33.1 Å². The van der Waals surface area contributed by atoms with Gasteiger partial charge in [0.1, 0.15) is 6.10 Å². The summed E-state index contributed by atoms with van der Waals surface area (Å²) in [5.74, 6) is -0.214. The lowest BCUT2D eigenvalue weighted by Gasteiger charge is -2.60. The van der Waals surface area contributed by atoms with Gasteiger partial charge in [0, 0.05) is 31.0 Å². The first-order valence-corrected chi connectivity index (χ1v) is 13.4. The number of nitrogens with zero attached hydrogens (tertiary/aromatic N) is 1. The van der Waals surface area contributed by atoms with E-state index >= 15 is 0 Å². The Balaban J connectivity index is 1.46. The SMILES string of the molecule is C[C@]1(CO)[C@@H]2CC[C@@H](O)[C@@H](CC(=O)N3CC[C@@H](O)C3)[C@]2(C)CC[C@H]1OC(=O)NC1CCCCC1. The second kappa shape index (κ2) is 10.3. The van der Waals surface area contributed by atoms with Gasteiger partial charge in [-0.2, -0.15) is 0 Å². The second-order valence-corrected chi connectivity index (χ2v) is 11.9. The maximum absolute atomic E-state index is 13.0. The van der Waals surface area contributed by atoms with Gasteiger partial charge in [0.05, 0.1) is 18.8 Å². The average Bonchev–Trinajstić information content (AvgIpc) is 3.25. The summed E-state index contributed by atoms with van der Waals surface area (Å²) in [4.78, 5) is 27.5. The minimum absolute atomic E-state index is 0.0154. The molecule has 4 aliphatic rings. The van der Waals surface area contributed by atoms with Crippen molar-refractivity contribution in [2.24, 2.45) is 22.7 Å². The molecule has 3 saturated carbocycles. The highest BCUT2D eigenvalue weighted by atomic mass is 16.6. The van der Waals surface area contributed by atoms with Crippen LogP contribution >= 0.6 is 0 Å². The van der Waals surface area contributed by atoms with Crippen molar-refractivity contribution >= 4 is 12.0 Å². The molecule has 8 nitrogen and oxygen atoms in total. The Bertz CT molecular complexity index is 743. The van der Waals surface area contributed by atoms with Crippen LogP contribution in [0.2, 0.25) is 0 Å². The molecule has 4 N–H and O–H groups in total. The lowest BCUT2D eigenvalue weighted by atomic mass is 9.46. The summed E-state index contributed by atoms with van der Waals surface area (Å²) >= 11 is 0. The topological polar surface area (TPSA) is 119 Å². The summed E-state index contributed by atoms with van der Waals surface area (Å²) in [5.41, 5.74) is -0.981. The number of amides is 2. The van der Waals surface area contributed by atoms with Crippen molar-refractivity contribution in [2.45, 2.75) is 109 Å². The molecule has 0 aromatic rings. The summed E-state index contributed by atoms with van der Waals surface area (Å²) in [6.45, 7) is 4.96. The minimum Gasteiger partial charge on any atom is -0.446 e. The molecule has 1 aliphatic heterocycles. The van der Waals surface area contributed by atoms with Gasteiger partial charge in [0.2, 0.25) is 5.91 Å². The Hall–Kier alpha value is -1.38. The van der Waals surface area contributed by atoms with E-state index in [4.69, 9.17) is 4.74 Å². The third-order valence-corrected chi connectivity index (χ3v) is 9.76. The van der Waals surface area contributed by atoms with Crippen LogP contribution in [0.15, 0.2) is 0 Å². The molecule has 4 rings (SSSR count). The summed E-state index contributed by atoms with van der Waals surface area (Å²) in [6, 6.07) is 0.166. The van der Waals surface area contributed by atoms with Crippen molar-refractivity contribution in [1.82, 2.24) is 10.2 Å². The van der Waals surface area contributed by atoms with Crippen molar-refractivity contribution < 1.29 is 29.6 Å². The van der Waals surface area contributed by atoms with Gasteiger partial charge in [0.25, 0.3) is 0 Å². The molecule has 0 radical (unpaired) electrons. The molecule has 3 aliphatic carbocycles. The monoisotopic (exact) mass is 480 g/mol. The predicted octanol–water partition coefficient (Wildman–Crippen LogP) is 2.58. The average molecular weight is 481 g/mol. The van der Waals surface area contributed by atoms with Gasteiger partial charge in [-0.25, -0.2) is 4.79 Å². The van der Waals surface area contributed by atoms with Crippen LogP contribution in [0.4, 0.5) is 4.79 Å².